The van der Waals surface area contributed by atoms with E-state index in [4.69, 9.17) is 4.74 Å². The molecule has 16 heavy (non-hydrogen) atoms. The SMILES string of the molecule is CCNC(CC(CC)CC)C(OC)C1CC1. The van der Waals surface area contributed by atoms with E-state index >= 15 is 0 Å². The number of likely N-dealkylation sites (N-methyl/N-ethyl adjacent to an activating group) is 1. The van der Waals surface area contributed by atoms with Crippen molar-refractivity contribution < 1.29 is 4.74 Å². The lowest BCUT2D eigenvalue weighted by Crippen LogP contribution is -2.43. The van der Waals surface area contributed by atoms with E-state index in [1.54, 1.807) is 0 Å². The van der Waals surface area contributed by atoms with Crippen molar-refractivity contribution in [3.63, 3.8) is 0 Å². The van der Waals surface area contributed by atoms with Crippen molar-refractivity contribution in [3.8, 4) is 0 Å². The first-order valence-corrected chi connectivity index (χ1v) is 7.02. The van der Waals surface area contributed by atoms with Gasteiger partial charge in [0.05, 0.1) is 6.10 Å². The van der Waals surface area contributed by atoms with E-state index < -0.39 is 0 Å². The summed E-state index contributed by atoms with van der Waals surface area (Å²) in [7, 11) is 1.88. The summed E-state index contributed by atoms with van der Waals surface area (Å²) in [5, 5.41) is 3.63. The van der Waals surface area contributed by atoms with Crippen molar-refractivity contribution in [2.24, 2.45) is 11.8 Å². The molecule has 1 rings (SSSR count). The number of nitrogens with one attached hydrogen (secondary N) is 1. The molecule has 1 aliphatic carbocycles. The molecule has 0 bridgehead atoms. The van der Waals surface area contributed by atoms with Crippen LogP contribution in [0.25, 0.3) is 0 Å². The summed E-state index contributed by atoms with van der Waals surface area (Å²) in [5.41, 5.74) is 0. The molecule has 1 fully saturated rings. The monoisotopic (exact) mass is 227 g/mol. The van der Waals surface area contributed by atoms with Crippen LogP contribution in [0.5, 0.6) is 0 Å². The smallest absolute Gasteiger partial charge is 0.0752 e. The van der Waals surface area contributed by atoms with Crippen LogP contribution in [0.15, 0.2) is 0 Å². The number of rotatable bonds is 9. The third-order valence-electron chi connectivity index (χ3n) is 3.96. The highest BCUT2D eigenvalue weighted by Gasteiger charge is 2.36. The van der Waals surface area contributed by atoms with Crippen LogP contribution in [0.4, 0.5) is 0 Å². The van der Waals surface area contributed by atoms with E-state index in [2.05, 4.69) is 26.1 Å². The minimum absolute atomic E-state index is 0.445. The van der Waals surface area contributed by atoms with Gasteiger partial charge in [-0.3, -0.25) is 0 Å². The second-order valence-corrected chi connectivity index (χ2v) is 5.12. The predicted molar refractivity (Wildman–Crippen MR) is 69.7 cm³/mol. The minimum atomic E-state index is 0.445. The van der Waals surface area contributed by atoms with Crippen LogP contribution in [0.2, 0.25) is 0 Å². The lowest BCUT2D eigenvalue weighted by molar-refractivity contribution is 0.0430. The van der Waals surface area contributed by atoms with Gasteiger partial charge in [0.15, 0.2) is 0 Å². The molecule has 0 aromatic carbocycles. The standard InChI is InChI=1S/C14H29NO/c1-5-11(6-2)10-13(15-7-3)14(16-4)12-8-9-12/h11-15H,5-10H2,1-4H3. The molecule has 0 aliphatic heterocycles. The average Bonchev–Trinajstić information content (AvgIpc) is 3.11. The number of hydrogen-bond acceptors (Lipinski definition) is 2. The molecule has 0 radical (unpaired) electrons. The summed E-state index contributed by atoms with van der Waals surface area (Å²) >= 11 is 0. The van der Waals surface area contributed by atoms with Crippen molar-refractivity contribution >= 4 is 0 Å². The van der Waals surface area contributed by atoms with Crippen LogP contribution in [0.3, 0.4) is 0 Å². The third kappa shape index (κ3) is 4.06. The Morgan fingerprint density at radius 2 is 1.81 bits per heavy atom. The Kier molecular flexibility index (Phi) is 6.37. The molecule has 0 amide bonds. The van der Waals surface area contributed by atoms with Crippen molar-refractivity contribution in [2.45, 2.75) is 65.0 Å². The average molecular weight is 227 g/mol. The molecule has 1 N–H and O–H groups in total. The van der Waals surface area contributed by atoms with Crippen LogP contribution >= 0.6 is 0 Å². The zero-order valence-corrected chi connectivity index (χ0v) is 11.5. The number of ether oxygens (including phenoxy) is 1. The first kappa shape index (κ1) is 14.0. The van der Waals surface area contributed by atoms with Gasteiger partial charge in [0, 0.05) is 13.2 Å². The van der Waals surface area contributed by atoms with Crippen molar-refractivity contribution in [1.82, 2.24) is 5.32 Å². The second kappa shape index (κ2) is 7.29. The van der Waals surface area contributed by atoms with Crippen molar-refractivity contribution in [3.05, 3.63) is 0 Å². The number of hydrogen-bond donors (Lipinski definition) is 1. The Morgan fingerprint density at radius 1 is 1.19 bits per heavy atom. The maximum atomic E-state index is 5.72. The lowest BCUT2D eigenvalue weighted by Gasteiger charge is -2.29. The summed E-state index contributed by atoms with van der Waals surface area (Å²) in [4.78, 5) is 0. The van der Waals surface area contributed by atoms with E-state index in [-0.39, 0.29) is 0 Å². The zero-order valence-electron chi connectivity index (χ0n) is 11.5. The highest BCUT2D eigenvalue weighted by atomic mass is 16.5. The topological polar surface area (TPSA) is 21.3 Å². The van der Waals surface area contributed by atoms with Gasteiger partial charge >= 0.3 is 0 Å². The molecule has 2 unspecified atom stereocenters. The molecule has 1 aliphatic rings. The molecule has 2 nitrogen and oxygen atoms in total. The fourth-order valence-electron chi connectivity index (χ4n) is 2.69. The molecule has 0 aromatic rings. The van der Waals surface area contributed by atoms with Crippen LogP contribution in [0, 0.1) is 11.8 Å². The lowest BCUT2D eigenvalue weighted by atomic mass is 9.90. The van der Waals surface area contributed by atoms with Crippen molar-refractivity contribution in [2.75, 3.05) is 13.7 Å². The quantitative estimate of drug-likeness (QED) is 0.653. The van der Waals surface area contributed by atoms with Gasteiger partial charge in [0.25, 0.3) is 0 Å². The fourth-order valence-corrected chi connectivity index (χ4v) is 2.69. The highest BCUT2D eigenvalue weighted by Crippen LogP contribution is 2.37. The Labute approximate surface area is 101 Å². The maximum absolute atomic E-state index is 5.72. The van der Waals surface area contributed by atoms with Gasteiger partial charge in [-0.25, -0.2) is 0 Å². The van der Waals surface area contributed by atoms with Crippen LogP contribution in [0.1, 0.15) is 52.9 Å². The van der Waals surface area contributed by atoms with Gasteiger partial charge in [-0.05, 0) is 37.6 Å². The van der Waals surface area contributed by atoms with E-state index in [1.165, 1.54) is 32.1 Å². The summed E-state index contributed by atoms with van der Waals surface area (Å²) < 4.78 is 5.72. The molecule has 2 atom stereocenters. The molecule has 0 aromatic heterocycles. The molecule has 96 valence electrons. The van der Waals surface area contributed by atoms with E-state index in [1.807, 2.05) is 7.11 Å². The Morgan fingerprint density at radius 3 is 2.19 bits per heavy atom. The zero-order chi connectivity index (χ0) is 12.0. The summed E-state index contributed by atoms with van der Waals surface area (Å²) in [6.45, 7) is 7.85. The van der Waals surface area contributed by atoms with Crippen LogP contribution < -0.4 is 5.32 Å². The second-order valence-electron chi connectivity index (χ2n) is 5.12. The predicted octanol–water partition coefficient (Wildman–Crippen LogP) is 3.22. The van der Waals surface area contributed by atoms with Crippen LogP contribution in [-0.2, 0) is 4.74 Å². The van der Waals surface area contributed by atoms with Crippen molar-refractivity contribution in [1.29, 1.82) is 0 Å². The van der Waals surface area contributed by atoms with Crippen LogP contribution in [-0.4, -0.2) is 25.8 Å². The molecular formula is C14H29NO. The fraction of sp³-hybridized carbons (Fsp3) is 1.00. The molecular weight excluding hydrogens is 198 g/mol. The van der Waals surface area contributed by atoms with E-state index in [0.29, 0.717) is 12.1 Å². The summed E-state index contributed by atoms with van der Waals surface area (Å²) in [6.07, 6.45) is 7.03. The summed E-state index contributed by atoms with van der Waals surface area (Å²) in [5.74, 6) is 1.67. The number of methoxy groups -OCH3 is 1. The first-order chi connectivity index (χ1) is 7.76. The molecule has 0 saturated heterocycles. The van der Waals surface area contributed by atoms with E-state index in [0.717, 1.165) is 18.4 Å². The Balaban J connectivity index is 2.49. The first-order valence-electron chi connectivity index (χ1n) is 7.02. The normalized spacial score (nSPS) is 20.1. The van der Waals surface area contributed by atoms with Gasteiger partial charge in [-0.2, -0.15) is 0 Å². The summed E-state index contributed by atoms with van der Waals surface area (Å²) in [6, 6.07) is 0.562. The Hall–Kier alpha value is -0.0800. The van der Waals surface area contributed by atoms with Gasteiger partial charge < -0.3 is 10.1 Å². The molecule has 1 saturated carbocycles. The minimum Gasteiger partial charge on any atom is -0.380 e. The highest BCUT2D eigenvalue weighted by molar-refractivity contribution is 4.90. The van der Waals surface area contributed by atoms with Gasteiger partial charge in [-0.15, -0.1) is 0 Å². The largest absolute Gasteiger partial charge is 0.380 e. The maximum Gasteiger partial charge on any atom is 0.0752 e. The van der Waals surface area contributed by atoms with Gasteiger partial charge in [0.1, 0.15) is 0 Å². The molecule has 0 spiro atoms. The third-order valence-corrected chi connectivity index (χ3v) is 3.96. The van der Waals surface area contributed by atoms with Gasteiger partial charge in [0.2, 0.25) is 0 Å². The molecule has 0 heterocycles. The Bertz CT molecular complexity index is 176. The molecule has 2 heteroatoms. The van der Waals surface area contributed by atoms with Gasteiger partial charge in [-0.1, -0.05) is 33.6 Å². The van der Waals surface area contributed by atoms with E-state index in [9.17, 15) is 0 Å².